The molecule has 0 saturated heterocycles. The van der Waals surface area contributed by atoms with Crippen molar-refractivity contribution in [2.24, 2.45) is 5.16 Å². The minimum atomic E-state index is 0.221. The van der Waals surface area contributed by atoms with Crippen molar-refractivity contribution in [3.8, 4) is 11.5 Å². The van der Waals surface area contributed by atoms with Gasteiger partial charge in [0.15, 0.2) is 0 Å². The zero-order chi connectivity index (χ0) is 14.8. The molecule has 0 radical (unpaired) electrons. The normalized spacial score (nSPS) is 12.7. The maximum absolute atomic E-state index is 5.70. The summed E-state index contributed by atoms with van der Waals surface area (Å²) in [5.74, 6) is 1.63. The third-order valence-electron chi connectivity index (χ3n) is 2.60. The quantitative estimate of drug-likeness (QED) is 0.298. The van der Waals surface area contributed by atoms with Crippen molar-refractivity contribution in [2.75, 3.05) is 13.2 Å². The van der Waals surface area contributed by atoms with Crippen LogP contribution in [0, 0.1) is 0 Å². The molecule has 0 aliphatic carbocycles. The van der Waals surface area contributed by atoms with E-state index in [1.807, 2.05) is 38.1 Å². The van der Waals surface area contributed by atoms with Crippen LogP contribution in [-0.4, -0.2) is 25.0 Å². The molecule has 0 heterocycles. The van der Waals surface area contributed by atoms with E-state index in [0.29, 0.717) is 13.2 Å². The van der Waals surface area contributed by atoms with Gasteiger partial charge in [0.25, 0.3) is 0 Å². The largest absolute Gasteiger partial charge is 0.491 e. The van der Waals surface area contributed by atoms with E-state index in [-0.39, 0.29) is 6.10 Å². The number of oxime groups is 1. The summed E-state index contributed by atoms with van der Waals surface area (Å²) in [7, 11) is 0. The molecule has 0 saturated carbocycles. The summed E-state index contributed by atoms with van der Waals surface area (Å²) < 4.78 is 11.3. The Balaban J connectivity index is 2.41. The van der Waals surface area contributed by atoms with Crippen LogP contribution in [0.25, 0.3) is 0 Å². The molecule has 0 bridgehead atoms. The lowest BCUT2D eigenvalue weighted by atomic mass is 10.3. The summed E-state index contributed by atoms with van der Waals surface area (Å²) in [5, 5.41) is 3.89. The Bertz CT molecular complexity index is 426. The van der Waals surface area contributed by atoms with Crippen LogP contribution in [0.4, 0.5) is 0 Å². The van der Waals surface area contributed by atoms with E-state index in [1.165, 1.54) is 0 Å². The van der Waals surface area contributed by atoms with E-state index in [4.69, 9.17) is 14.3 Å². The topological polar surface area (TPSA) is 40.0 Å². The van der Waals surface area contributed by atoms with Crippen molar-refractivity contribution < 1.29 is 14.3 Å². The molecule has 0 spiro atoms. The van der Waals surface area contributed by atoms with Crippen LogP contribution in [0.3, 0.4) is 0 Å². The first-order valence-corrected chi connectivity index (χ1v) is 6.81. The fourth-order valence-corrected chi connectivity index (χ4v) is 1.34. The van der Waals surface area contributed by atoms with Gasteiger partial charge in [-0.2, -0.15) is 0 Å². The SMILES string of the molecule is C=CCON=C(C)COc1ccc(OC(C)CC)cc1. The van der Waals surface area contributed by atoms with E-state index in [1.54, 1.807) is 6.08 Å². The molecule has 4 heteroatoms. The maximum atomic E-state index is 5.70. The number of rotatable bonds is 9. The standard InChI is InChI=1S/C16H23NO3/c1-5-11-19-17-13(3)12-18-15-7-9-16(10-8-15)20-14(4)6-2/h5,7-10,14H,1,6,11-12H2,2-4H3. The third kappa shape index (κ3) is 6.27. The Morgan fingerprint density at radius 2 is 1.95 bits per heavy atom. The highest BCUT2D eigenvalue weighted by atomic mass is 16.6. The molecule has 1 rings (SSSR count). The minimum absolute atomic E-state index is 0.221. The highest BCUT2D eigenvalue weighted by Gasteiger charge is 2.02. The van der Waals surface area contributed by atoms with E-state index in [2.05, 4.69) is 18.7 Å². The smallest absolute Gasteiger partial charge is 0.135 e. The van der Waals surface area contributed by atoms with Gasteiger partial charge in [-0.05, 0) is 44.5 Å². The van der Waals surface area contributed by atoms with Crippen molar-refractivity contribution in [2.45, 2.75) is 33.3 Å². The fraction of sp³-hybridized carbons (Fsp3) is 0.438. The van der Waals surface area contributed by atoms with Crippen LogP contribution in [0.15, 0.2) is 42.1 Å². The summed E-state index contributed by atoms with van der Waals surface area (Å²) >= 11 is 0. The molecule has 0 N–H and O–H groups in total. The number of hydrogen-bond acceptors (Lipinski definition) is 4. The van der Waals surface area contributed by atoms with Gasteiger partial charge in [0.05, 0.1) is 11.8 Å². The lowest BCUT2D eigenvalue weighted by Crippen LogP contribution is -2.10. The molecule has 20 heavy (non-hydrogen) atoms. The summed E-state index contributed by atoms with van der Waals surface area (Å²) in [5.41, 5.74) is 0.770. The Morgan fingerprint density at radius 3 is 2.55 bits per heavy atom. The molecular weight excluding hydrogens is 254 g/mol. The van der Waals surface area contributed by atoms with Gasteiger partial charge in [-0.1, -0.05) is 24.7 Å². The average molecular weight is 277 g/mol. The maximum Gasteiger partial charge on any atom is 0.135 e. The van der Waals surface area contributed by atoms with Gasteiger partial charge in [0.1, 0.15) is 24.7 Å². The lowest BCUT2D eigenvalue weighted by Gasteiger charge is -2.13. The summed E-state index contributed by atoms with van der Waals surface area (Å²) in [4.78, 5) is 4.98. The van der Waals surface area contributed by atoms with Crippen LogP contribution < -0.4 is 9.47 Å². The Hall–Kier alpha value is -1.97. The highest BCUT2D eigenvalue weighted by Crippen LogP contribution is 2.19. The van der Waals surface area contributed by atoms with Crippen molar-refractivity contribution in [3.05, 3.63) is 36.9 Å². The second-order valence-corrected chi connectivity index (χ2v) is 4.51. The third-order valence-corrected chi connectivity index (χ3v) is 2.60. The first-order valence-electron chi connectivity index (χ1n) is 6.81. The van der Waals surface area contributed by atoms with Crippen LogP contribution in [0.2, 0.25) is 0 Å². The molecule has 0 aliphatic rings. The molecule has 0 amide bonds. The number of ether oxygens (including phenoxy) is 2. The van der Waals surface area contributed by atoms with Crippen molar-refractivity contribution >= 4 is 5.71 Å². The molecule has 0 aromatic heterocycles. The van der Waals surface area contributed by atoms with Crippen molar-refractivity contribution in [1.82, 2.24) is 0 Å². The van der Waals surface area contributed by atoms with Crippen LogP contribution >= 0.6 is 0 Å². The predicted octanol–water partition coefficient (Wildman–Crippen LogP) is 3.82. The summed E-state index contributed by atoms with van der Waals surface area (Å²) in [6.45, 7) is 10.3. The Kier molecular flexibility index (Phi) is 7.25. The van der Waals surface area contributed by atoms with Gasteiger partial charge in [0, 0.05) is 0 Å². The molecule has 1 aromatic rings. The van der Waals surface area contributed by atoms with Gasteiger partial charge in [-0.25, -0.2) is 0 Å². The molecule has 0 aliphatic heterocycles. The van der Waals surface area contributed by atoms with Gasteiger partial charge < -0.3 is 14.3 Å². The Labute approximate surface area is 121 Å². The summed E-state index contributed by atoms with van der Waals surface area (Å²) in [6.07, 6.45) is 2.85. The summed E-state index contributed by atoms with van der Waals surface area (Å²) in [6, 6.07) is 7.58. The molecule has 1 unspecified atom stereocenters. The number of benzene rings is 1. The second kappa shape index (κ2) is 9.02. The van der Waals surface area contributed by atoms with Gasteiger partial charge >= 0.3 is 0 Å². The molecule has 4 nitrogen and oxygen atoms in total. The minimum Gasteiger partial charge on any atom is -0.491 e. The molecule has 0 fully saturated rings. The number of nitrogens with zero attached hydrogens (tertiary/aromatic N) is 1. The molecule has 1 atom stereocenters. The fourth-order valence-electron chi connectivity index (χ4n) is 1.34. The average Bonchev–Trinajstić information content (AvgIpc) is 2.46. The van der Waals surface area contributed by atoms with Crippen LogP contribution in [0.1, 0.15) is 27.2 Å². The second-order valence-electron chi connectivity index (χ2n) is 4.51. The monoisotopic (exact) mass is 277 g/mol. The first kappa shape index (κ1) is 16.1. The van der Waals surface area contributed by atoms with Crippen molar-refractivity contribution in [1.29, 1.82) is 0 Å². The van der Waals surface area contributed by atoms with E-state index >= 15 is 0 Å². The van der Waals surface area contributed by atoms with Crippen molar-refractivity contribution in [3.63, 3.8) is 0 Å². The molecule has 1 aromatic carbocycles. The van der Waals surface area contributed by atoms with E-state index < -0.39 is 0 Å². The van der Waals surface area contributed by atoms with E-state index in [0.717, 1.165) is 23.6 Å². The van der Waals surface area contributed by atoms with Crippen LogP contribution in [-0.2, 0) is 4.84 Å². The molecular formula is C16H23NO3. The van der Waals surface area contributed by atoms with Gasteiger partial charge in [-0.3, -0.25) is 0 Å². The van der Waals surface area contributed by atoms with Gasteiger partial charge in [-0.15, -0.1) is 0 Å². The van der Waals surface area contributed by atoms with Gasteiger partial charge in [0.2, 0.25) is 0 Å². The van der Waals surface area contributed by atoms with Crippen LogP contribution in [0.5, 0.6) is 11.5 Å². The zero-order valence-electron chi connectivity index (χ0n) is 12.5. The van der Waals surface area contributed by atoms with E-state index in [9.17, 15) is 0 Å². The lowest BCUT2D eigenvalue weighted by molar-refractivity contribution is 0.172. The Morgan fingerprint density at radius 1 is 1.30 bits per heavy atom. The predicted molar refractivity (Wildman–Crippen MR) is 81.6 cm³/mol. The highest BCUT2D eigenvalue weighted by molar-refractivity contribution is 5.82. The number of hydrogen-bond donors (Lipinski definition) is 0. The zero-order valence-corrected chi connectivity index (χ0v) is 12.5. The molecule has 110 valence electrons. The first-order chi connectivity index (χ1) is 9.65.